The monoisotopic (exact) mass is 285 g/mol. The summed E-state index contributed by atoms with van der Waals surface area (Å²) in [5.41, 5.74) is 6.41. The predicted molar refractivity (Wildman–Crippen MR) is 76.5 cm³/mol. The topological polar surface area (TPSA) is 88.1 Å². The normalized spacial score (nSPS) is 9.76. The summed E-state index contributed by atoms with van der Waals surface area (Å²) in [6.07, 6.45) is 0. The zero-order valence-electron chi connectivity index (χ0n) is 11.2. The van der Waals surface area contributed by atoms with E-state index in [0.29, 0.717) is 5.75 Å². The van der Waals surface area contributed by atoms with Crippen LogP contribution in [-0.2, 0) is 0 Å². The van der Waals surface area contributed by atoms with Crippen LogP contribution in [-0.4, -0.2) is 13.0 Å². The molecule has 106 valence electrons. The van der Waals surface area contributed by atoms with Crippen LogP contribution < -0.4 is 15.8 Å². The molecule has 21 heavy (non-hydrogen) atoms. The summed E-state index contributed by atoms with van der Waals surface area (Å²) in [4.78, 5) is 12.3. The van der Waals surface area contributed by atoms with Crippen molar-refractivity contribution in [3.05, 3.63) is 53.3 Å². The fourth-order valence-corrected chi connectivity index (χ4v) is 1.86. The van der Waals surface area contributed by atoms with Gasteiger partial charge in [-0.3, -0.25) is 4.79 Å². The van der Waals surface area contributed by atoms with Crippen molar-refractivity contribution in [2.75, 3.05) is 18.2 Å². The first-order valence-electron chi connectivity index (χ1n) is 6.00. The number of nitrogen functional groups attached to an aromatic ring is 1. The van der Waals surface area contributed by atoms with E-state index in [0.717, 1.165) is 12.1 Å². The fourth-order valence-electron chi connectivity index (χ4n) is 1.86. The van der Waals surface area contributed by atoms with Gasteiger partial charge in [0.15, 0.2) is 0 Å². The third-order valence-electron chi connectivity index (χ3n) is 2.86. The SMILES string of the molecule is COc1cccc(N)c1C(=O)Nc1ccc(F)cc1C#N. The van der Waals surface area contributed by atoms with E-state index >= 15 is 0 Å². The molecular weight excluding hydrogens is 273 g/mol. The summed E-state index contributed by atoms with van der Waals surface area (Å²) in [6, 6.07) is 10.2. The highest BCUT2D eigenvalue weighted by molar-refractivity contribution is 6.10. The number of hydrogen-bond donors (Lipinski definition) is 2. The third kappa shape index (κ3) is 2.92. The van der Waals surface area contributed by atoms with Gasteiger partial charge in [0.25, 0.3) is 5.91 Å². The van der Waals surface area contributed by atoms with Gasteiger partial charge >= 0.3 is 0 Å². The molecule has 0 radical (unpaired) electrons. The lowest BCUT2D eigenvalue weighted by molar-refractivity contribution is 0.102. The second-order valence-corrected chi connectivity index (χ2v) is 4.18. The maximum atomic E-state index is 13.1. The van der Waals surface area contributed by atoms with Crippen LogP contribution in [0.2, 0.25) is 0 Å². The molecule has 0 fully saturated rings. The van der Waals surface area contributed by atoms with Crippen molar-refractivity contribution in [3.8, 4) is 11.8 Å². The lowest BCUT2D eigenvalue weighted by Gasteiger charge is -2.12. The average molecular weight is 285 g/mol. The summed E-state index contributed by atoms with van der Waals surface area (Å²) < 4.78 is 18.2. The highest BCUT2D eigenvalue weighted by atomic mass is 19.1. The number of benzene rings is 2. The van der Waals surface area contributed by atoms with Crippen LogP contribution in [0, 0.1) is 17.1 Å². The molecule has 0 spiro atoms. The van der Waals surface area contributed by atoms with Crippen LogP contribution in [0.25, 0.3) is 0 Å². The molecule has 2 rings (SSSR count). The number of halogens is 1. The molecule has 3 N–H and O–H groups in total. The molecule has 2 aromatic carbocycles. The van der Waals surface area contributed by atoms with E-state index in [9.17, 15) is 9.18 Å². The summed E-state index contributed by atoms with van der Waals surface area (Å²) in [6.45, 7) is 0. The maximum Gasteiger partial charge on any atom is 0.261 e. The Labute approximate surface area is 120 Å². The molecule has 0 bridgehead atoms. The van der Waals surface area contributed by atoms with E-state index in [-0.39, 0.29) is 22.5 Å². The van der Waals surface area contributed by atoms with Gasteiger partial charge in [0.1, 0.15) is 23.2 Å². The molecule has 2 aromatic rings. The molecule has 0 aromatic heterocycles. The van der Waals surface area contributed by atoms with E-state index < -0.39 is 11.7 Å². The Morgan fingerprint density at radius 2 is 2.14 bits per heavy atom. The Bertz CT molecular complexity index is 738. The number of carbonyl (C=O) groups is 1. The van der Waals surface area contributed by atoms with Crippen molar-refractivity contribution in [2.45, 2.75) is 0 Å². The first-order chi connectivity index (χ1) is 10.1. The first kappa shape index (κ1) is 14.3. The Kier molecular flexibility index (Phi) is 4.05. The second kappa shape index (κ2) is 5.92. The van der Waals surface area contributed by atoms with Crippen molar-refractivity contribution < 1.29 is 13.9 Å². The number of anilines is 2. The fraction of sp³-hybridized carbons (Fsp3) is 0.0667. The minimum absolute atomic E-state index is 0.0248. The van der Waals surface area contributed by atoms with Crippen LogP contribution in [0.4, 0.5) is 15.8 Å². The van der Waals surface area contributed by atoms with Gasteiger partial charge in [0.2, 0.25) is 0 Å². The number of hydrogen-bond acceptors (Lipinski definition) is 4. The minimum Gasteiger partial charge on any atom is -0.496 e. The lowest BCUT2D eigenvalue weighted by atomic mass is 10.1. The molecular formula is C15H12FN3O2. The Morgan fingerprint density at radius 3 is 2.81 bits per heavy atom. The molecule has 5 nitrogen and oxygen atoms in total. The molecule has 0 aliphatic carbocycles. The Hall–Kier alpha value is -3.07. The molecule has 0 saturated heterocycles. The number of nitriles is 1. The highest BCUT2D eigenvalue weighted by Gasteiger charge is 2.17. The molecule has 0 unspecified atom stereocenters. The lowest BCUT2D eigenvalue weighted by Crippen LogP contribution is -2.16. The van der Waals surface area contributed by atoms with E-state index in [2.05, 4.69) is 5.32 Å². The third-order valence-corrected chi connectivity index (χ3v) is 2.86. The van der Waals surface area contributed by atoms with Gasteiger partial charge in [0, 0.05) is 5.69 Å². The number of ether oxygens (including phenoxy) is 1. The van der Waals surface area contributed by atoms with Crippen molar-refractivity contribution >= 4 is 17.3 Å². The van der Waals surface area contributed by atoms with Crippen LogP contribution in [0.5, 0.6) is 5.75 Å². The second-order valence-electron chi connectivity index (χ2n) is 4.18. The zero-order valence-corrected chi connectivity index (χ0v) is 11.2. The molecule has 6 heteroatoms. The van der Waals surface area contributed by atoms with Crippen LogP contribution in [0.3, 0.4) is 0 Å². The minimum atomic E-state index is -0.554. The maximum absolute atomic E-state index is 13.1. The molecule has 1 amide bonds. The number of amides is 1. The van der Waals surface area contributed by atoms with Crippen molar-refractivity contribution in [2.24, 2.45) is 0 Å². The van der Waals surface area contributed by atoms with Crippen molar-refractivity contribution in [1.82, 2.24) is 0 Å². The van der Waals surface area contributed by atoms with Gasteiger partial charge < -0.3 is 15.8 Å². The van der Waals surface area contributed by atoms with Gasteiger partial charge in [-0.1, -0.05) is 6.07 Å². The largest absolute Gasteiger partial charge is 0.496 e. The summed E-state index contributed by atoms with van der Waals surface area (Å²) in [5.74, 6) is -0.775. The van der Waals surface area contributed by atoms with Crippen LogP contribution in [0.15, 0.2) is 36.4 Å². The Balaban J connectivity index is 2.38. The van der Waals surface area contributed by atoms with Gasteiger partial charge in [0.05, 0.1) is 18.4 Å². The van der Waals surface area contributed by atoms with E-state index in [4.69, 9.17) is 15.7 Å². The van der Waals surface area contributed by atoms with Crippen molar-refractivity contribution in [1.29, 1.82) is 5.26 Å². The van der Waals surface area contributed by atoms with Crippen LogP contribution in [0.1, 0.15) is 15.9 Å². The summed E-state index contributed by atoms with van der Waals surface area (Å²) in [5, 5.41) is 11.5. The molecule has 0 atom stereocenters. The van der Waals surface area contributed by atoms with Crippen LogP contribution >= 0.6 is 0 Å². The predicted octanol–water partition coefficient (Wildman–Crippen LogP) is 2.54. The highest BCUT2D eigenvalue weighted by Crippen LogP contribution is 2.26. The van der Waals surface area contributed by atoms with Gasteiger partial charge in [-0.05, 0) is 30.3 Å². The standard InChI is InChI=1S/C15H12FN3O2/c1-21-13-4-2-3-11(18)14(13)15(20)19-12-6-5-10(16)7-9(12)8-17/h2-7H,18H2,1H3,(H,19,20). The quantitative estimate of drug-likeness (QED) is 0.848. The number of nitrogens with two attached hydrogens (primary N) is 1. The molecule has 0 aliphatic heterocycles. The van der Waals surface area contributed by atoms with Crippen molar-refractivity contribution in [3.63, 3.8) is 0 Å². The number of nitrogens with one attached hydrogen (secondary N) is 1. The number of rotatable bonds is 3. The van der Waals surface area contributed by atoms with E-state index in [1.54, 1.807) is 18.2 Å². The average Bonchev–Trinajstić information content (AvgIpc) is 2.48. The van der Waals surface area contributed by atoms with Gasteiger partial charge in [-0.15, -0.1) is 0 Å². The van der Waals surface area contributed by atoms with E-state index in [1.165, 1.54) is 13.2 Å². The molecule has 0 aliphatic rings. The summed E-state index contributed by atoms with van der Waals surface area (Å²) in [7, 11) is 1.42. The number of nitrogens with zero attached hydrogens (tertiary/aromatic N) is 1. The van der Waals surface area contributed by atoms with Gasteiger partial charge in [-0.2, -0.15) is 5.26 Å². The van der Waals surface area contributed by atoms with E-state index in [1.807, 2.05) is 6.07 Å². The number of carbonyl (C=O) groups excluding carboxylic acids is 1. The molecule has 0 saturated carbocycles. The smallest absolute Gasteiger partial charge is 0.261 e. The number of methoxy groups -OCH3 is 1. The van der Waals surface area contributed by atoms with Gasteiger partial charge in [-0.25, -0.2) is 4.39 Å². The zero-order chi connectivity index (χ0) is 15.4. The first-order valence-corrected chi connectivity index (χ1v) is 6.00. The molecule has 0 heterocycles. The summed E-state index contributed by atoms with van der Waals surface area (Å²) >= 11 is 0. The Morgan fingerprint density at radius 1 is 1.38 bits per heavy atom.